The van der Waals surface area contributed by atoms with Gasteiger partial charge in [-0.15, -0.1) is 0 Å². The van der Waals surface area contributed by atoms with Crippen molar-refractivity contribution in [2.45, 2.75) is 47.0 Å². The Morgan fingerprint density at radius 3 is 2.48 bits per heavy atom. The fourth-order valence-corrected chi connectivity index (χ4v) is 3.56. The van der Waals surface area contributed by atoms with Crippen LogP contribution in [0, 0.1) is 25.7 Å². The molecule has 0 amide bonds. The van der Waals surface area contributed by atoms with Gasteiger partial charge < -0.3 is 9.64 Å². The van der Waals surface area contributed by atoms with E-state index in [0.29, 0.717) is 0 Å². The van der Waals surface area contributed by atoms with Crippen molar-refractivity contribution < 1.29 is 4.74 Å². The van der Waals surface area contributed by atoms with Gasteiger partial charge in [-0.3, -0.25) is 0 Å². The van der Waals surface area contributed by atoms with Crippen molar-refractivity contribution in [2.75, 3.05) is 26.2 Å². The Morgan fingerprint density at radius 1 is 1.10 bits per heavy atom. The van der Waals surface area contributed by atoms with Crippen LogP contribution in [-0.2, 0) is 0 Å². The summed E-state index contributed by atoms with van der Waals surface area (Å²) >= 11 is 0. The molecule has 2 atom stereocenters. The van der Waals surface area contributed by atoms with Crippen molar-refractivity contribution in [3.63, 3.8) is 0 Å². The van der Waals surface area contributed by atoms with Crippen LogP contribution >= 0.6 is 0 Å². The number of ether oxygens (including phenoxy) is 1. The van der Waals surface area contributed by atoms with Crippen LogP contribution in [0.1, 0.15) is 44.2 Å². The lowest BCUT2D eigenvalue weighted by Gasteiger charge is -2.34. The van der Waals surface area contributed by atoms with E-state index in [4.69, 9.17) is 4.74 Å². The molecule has 0 N–H and O–H groups in total. The van der Waals surface area contributed by atoms with E-state index in [2.05, 4.69) is 50.8 Å². The molecule has 1 fully saturated rings. The molecule has 1 aliphatic rings. The Hall–Kier alpha value is -1.02. The summed E-state index contributed by atoms with van der Waals surface area (Å²) in [5.41, 5.74) is 2.54. The maximum absolute atomic E-state index is 5.90. The summed E-state index contributed by atoms with van der Waals surface area (Å²) in [6.07, 6.45) is 3.78. The fraction of sp³-hybridized carbons (Fsp3) is 0.684. The summed E-state index contributed by atoms with van der Waals surface area (Å²) in [6.45, 7) is 13.6. The summed E-state index contributed by atoms with van der Waals surface area (Å²) < 4.78 is 5.90. The molecule has 21 heavy (non-hydrogen) atoms. The van der Waals surface area contributed by atoms with Crippen molar-refractivity contribution in [3.05, 3.63) is 29.3 Å². The lowest BCUT2D eigenvalue weighted by atomic mass is 9.92. The van der Waals surface area contributed by atoms with Crippen LogP contribution in [0.2, 0.25) is 0 Å². The van der Waals surface area contributed by atoms with E-state index >= 15 is 0 Å². The molecule has 0 saturated carbocycles. The Labute approximate surface area is 130 Å². The summed E-state index contributed by atoms with van der Waals surface area (Å²) in [4.78, 5) is 2.63. The number of unbranched alkanes of at least 4 members (excludes halogenated alkanes) is 1. The molecule has 0 aromatic heterocycles. The summed E-state index contributed by atoms with van der Waals surface area (Å²) in [6, 6.07) is 6.41. The predicted octanol–water partition coefficient (Wildman–Crippen LogP) is 4.44. The largest absolute Gasteiger partial charge is 0.493 e. The Kier molecular flexibility index (Phi) is 6.10. The van der Waals surface area contributed by atoms with Crippen LogP contribution in [0.25, 0.3) is 0 Å². The second-order valence-electron chi connectivity index (χ2n) is 7.03. The predicted molar refractivity (Wildman–Crippen MR) is 90.0 cm³/mol. The Morgan fingerprint density at radius 2 is 1.81 bits per heavy atom. The third kappa shape index (κ3) is 5.35. The normalized spacial score (nSPS) is 23.2. The van der Waals surface area contributed by atoms with Crippen LogP contribution in [0.3, 0.4) is 0 Å². The number of rotatable bonds is 6. The molecule has 1 heterocycles. The molecule has 0 bridgehead atoms. The van der Waals surface area contributed by atoms with Crippen molar-refractivity contribution >= 4 is 0 Å². The van der Waals surface area contributed by atoms with Crippen molar-refractivity contribution in [2.24, 2.45) is 11.8 Å². The number of hydrogen-bond donors (Lipinski definition) is 0. The molecule has 1 aromatic carbocycles. The molecule has 2 heteroatoms. The lowest BCUT2D eigenvalue weighted by molar-refractivity contribution is 0.136. The van der Waals surface area contributed by atoms with E-state index in [1.54, 1.807) is 0 Å². The topological polar surface area (TPSA) is 12.5 Å². The van der Waals surface area contributed by atoms with Gasteiger partial charge >= 0.3 is 0 Å². The minimum atomic E-state index is 0.836. The average Bonchev–Trinajstić information content (AvgIpc) is 2.39. The van der Waals surface area contributed by atoms with Crippen molar-refractivity contribution in [3.8, 4) is 5.75 Å². The maximum Gasteiger partial charge on any atom is 0.122 e. The van der Waals surface area contributed by atoms with E-state index in [1.165, 1.54) is 43.6 Å². The first-order chi connectivity index (χ1) is 10.0. The smallest absolute Gasteiger partial charge is 0.122 e. The molecule has 118 valence electrons. The highest BCUT2D eigenvalue weighted by Gasteiger charge is 2.20. The maximum atomic E-state index is 5.90. The molecular formula is C19H31NO. The van der Waals surface area contributed by atoms with E-state index in [1.807, 2.05) is 0 Å². The third-order valence-corrected chi connectivity index (χ3v) is 4.40. The molecule has 2 unspecified atom stereocenters. The van der Waals surface area contributed by atoms with Gasteiger partial charge in [0.1, 0.15) is 5.75 Å². The third-order valence-electron chi connectivity index (χ3n) is 4.40. The van der Waals surface area contributed by atoms with Gasteiger partial charge in [-0.2, -0.15) is 0 Å². The number of likely N-dealkylation sites (tertiary alicyclic amines) is 1. The highest BCUT2D eigenvalue weighted by atomic mass is 16.5. The van der Waals surface area contributed by atoms with E-state index in [9.17, 15) is 0 Å². The fourth-order valence-electron chi connectivity index (χ4n) is 3.56. The molecule has 0 spiro atoms. The summed E-state index contributed by atoms with van der Waals surface area (Å²) in [5, 5.41) is 0. The minimum absolute atomic E-state index is 0.836. The first kappa shape index (κ1) is 16.4. The van der Waals surface area contributed by atoms with Gasteiger partial charge in [0.25, 0.3) is 0 Å². The minimum Gasteiger partial charge on any atom is -0.493 e. The van der Waals surface area contributed by atoms with E-state index in [0.717, 1.165) is 30.6 Å². The van der Waals surface area contributed by atoms with Crippen LogP contribution in [-0.4, -0.2) is 31.1 Å². The lowest BCUT2D eigenvalue weighted by Crippen LogP contribution is -2.39. The molecule has 0 radical (unpaired) electrons. The van der Waals surface area contributed by atoms with Gasteiger partial charge in [0.15, 0.2) is 0 Å². The van der Waals surface area contributed by atoms with Gasteiger partial charge in [0, 0.05) is 13.1 Å². The van der Waals surface area contributed by atoms with Gasteiger partial charge in [-0.05, 0) is 63.1 Å². The van der Waals surface area contributed by atoms with E-state index < -0.39 is 0 Å². The van der Waals surface area contributed by atoms with Crippen molar-refractivity contribution in [1.82, 2.24) is 4.90 Å². The van der Waals surface area contributed by atoms with Gasteiger partial charge in [-0.25, -0.2) is 0 Å². The molecule has 1 aromatic rings. The second kappa shape index (κ2) is 7.84. The highest BCUT2D eigenvalue weighted by molar-refractivity contribution is 5.35. The first-order valence-electron chi connectivity index (χ1n) is 8.47. The number of aryl methyl sites for hydroxylation is 2. The quantitative estimate of drug-likeness (QED) is 0.718. The molecule has 2 nitrogen and oxygen atoms in total. The molecule has 0 aliphatic carbocycles. The number of piperidine rings is 1. The van der Waals surface area contributed by atoms with Crippen LogP contribution < -0.4 is 4.74 Å². The number of hydrogen-bond acceptors (Lipinski definition) is 2. The van der Waals surface area contributed by atoms with Gasteiger partial charge in [0.2, 0.25) is 0 Å². The SMILES string of the molecule is Cc1ccc(OCCCCN2CC(C)CC(C)C2)c(C)c1. The summed E-state index contributed by atoms with van der Waals surface area (Å²) in [5.74, 6) is 2.77. The molecular weight excluding hydrogens is 258 g/mol. The molecule has 1 aliphatic heterocycles. The Balaban J connectivity index is 1.63. The second-order valence-corrected chi connectivity index (χ2v) is 7.03. The van der Waals surface area contributed by atoms with Crippen LogP contribution in [0.15, 0.2) is 18.2 Å². The zero-order valence-electron chi connectivity index (χ0n) is 14.2. The monoisotopic (exact) mass is 289 g/mol. The van der Waals surface area contributed by atoms with Crippen LogP contribution in [0.5, 0.6) is 5.75 Å². The number of nitrogens with zero attached hydrogens (tertiary/aromatic N) is 1. The standard InChI is InChI=1S/C19H31NO/c1-15-7-8-19(18(4)12-15)21-10-6-5-9-20-13-16(2)11-17(3)14-20/h7-8,12,16-17H,5-6,9-11,13-14H2,1-4H3. The summed E-state index contributed by atoms with van der Waals surface area (Å²) in [7, 11) is 0. The zero-order chi connectivity index (χ0) is 15.2. The highest BCUT2D eigenvalue weighted by Crippen LogP contribution is 2.21. The van der Waals surface area contributed by atoms with Gasteiger partial charge in [0.05, 0.1) is 6.61 Å². The van der Waals surface area contributed by atoms with Crippen molar-refractivity contribution in [1.29, 1.82) is 0 Å². The Bertz CT molecular complexity index is 433. The first-order valence-corrected chi connectivity index (χ1v) is 8.47. The van der Waals surface area contributed by atoms with E-state index in [-0.39, 0.29) is 0 Å². The molecule has 1 saturated heterocycles. The zero-order valence-corrected chi connectivity index (χ0v) is 14.2. The number of benzene rings is 1. The van der Waals surface area contributed by atoms with Gasteiger partial charge in [-0.1, -0.05) is 31.5 Å². The molecule has 2 rings (SSSR count). The average molecular weight is 289 g/mol. The van der Waals surface area contributed by atoms with Crippen LogP contribution in [0.4, 0.5) is 0 Å².